The topological polar surface area (TPSA) is 29.5 Å². The third-order valence-electron chi connectivity index (χ3n) is 9.72. The van der Waals surface area contributed by atoms with Crippen molar-refractivity contribution in [1.82, 2.24) is 4.90 Å². The predicted octanol–water partition coefficient (Wildman–Crippen LogP) is 5.67. The zero-order chi connectivity index (χ0) is 20.1. The molecule has 4 aliphatic rings. The summed E-state index contributed by atoms with van der Waals surface area (Å²) in [6, 6.07) is 0.476. The lowest BCUT2D eigenvalue weighted by atomic mass is 9.47. The summed E-state index contributed by atoms with van der Waals surface area (Å²) in [6.07, 6.45) is 12.7. The van der Waals surface area contributed by atoms with Gasteiger partial charge in [0.05, 0.1) is 6.10 Å². The normalized spacial score (nSPS) is 45.7. The van der Waals surface area contributed by atoms with Crippen LogP contribution in [-0.4, -0.2) is 36.6 Å². The lowest BCUT2D eigenvalue weighted by molar-refractivity contribution is -0.161. The monoisotopic (exact) mass is 389 g/mol. The fourth-order valence-electron chi connectivity index (χ4n) is 8.09. The van der Waals surface area contributed by atoms with Gasteiger partial charge in [0.2, 0.25) is 5.91 Å². The standard InChI is InChI=1S/C25H43NO2/c1-17(2)7-6-16-28-22-11-9-19-18-8-10-21-24(3,15-13-23(27)26(21)5)20(18)12-14-25(19,22)4/h17-22H,6-16H2,1-5H3/t18-,19-,20-,21+,22-,24+,25-/m0/s1. The zero-order valence-electron chi connectivity index (χ0n) is 19.0. The maximum atomic E-state index is 12.3. The quantitative estimate of drug-likeness (QED) is 0.567. The van der Waals surface area contributed by atoms with Crippen molar-refractivity contribution in [3.8, 4) is 0 Å². The molecule has 1 amide bonds. The summed E-state index contributed by atoms with van der Waals surface area (Å²) in [4.78, 5) is 14.4. The fraction of sp³-hybridized carbons (Fsp3) is 0.960. The molecule has 0 unspecified atom stereocenters. The van der Waals surface area contributed by atoms with Crippen molar-refractivity contribution in [2.75, 3.05) is 13.7 Å². The van der Waals surface area contributed by atoms with E-state index in [0.29, 0.717) is 28.9 Å². The van der Waals surface area contributed by atoms with Crippen molar-refractivity contribution < 1.29 is 9.53 Å². The lowest BCUT2D eigenvalue weighted by Crippen LogP contribution is -2.61. The average Bonchev–Trinajstić information content (AvgIpc) is 2.98. The lowest BCUT2D eigenvalue weighted by Gasteiger charge is -2.61. The van der Waals surface area contributed by atoms with Gasteiger partial charge in [0.1, 0.15) is 0 Å². The first-order valence-corrected chi connectivity index (χ1v) is 12.1. The highest BCUT2D eigenvalue weighted by Crippen LogP contribution is 2.65. The van der Waals surface area contributed by atoms with Crippen molar-refractivity contribution in [3.05, 3.63) is 0 Å². The molecule has 1 saturated heterocycles. The van der Waals surface area contributed by atoms with E-state index in [1.807, 2.05) is 0 Å². The van der Waals surface area contributed by atoms with E-state index in [0.717, 1.165) is 43.1 Å². The van der Waals surface area contributed by atoms with Crippen LogP contribution < -0.4 is 0 Å². The number of carbonyl (C=O) groups is 1. The van der Waals surface area contributed by atoms with Crippen molar-refractivity contribution in [1.29, 1.82) is 0 Å². The molecule has 1 aliphatic heterocycles. The maximum Gasteiger partial charge on any atom is 0.222 e. The largest absolute Gasteiger partial charge is 0.378 e. The number of hydrogen-bond donors (Lipinski definition) is 0. The molecule has 3 saturated carbocycles. The Kier molecular flexibility index (Phi) is 5.61. The summed E-state index contributed by atoms with van der Waals surface area (Å²) in [7, 11) is 2.06. The molecule has 0 bridgehead atoms. The number of likely N-dealkylation sites (tertiary alicyclic amines) is 1. The molecule has 4 rings (SSSR count). The van der Waals surface area contributed by atoms with Gasteiger partial charge in [0, 0.05) is 26.1 Å². The SMILES string of the molecule is CC(C)CCCO[C@H]1CC[C@H]2[C@@H]3CC[C@H]4N(C)C(=O)CC[C@]4(C)[C@H]3CC[C@]12C. The van der Waals surface area contributed by atoms with E-state index >= 15 is 0 Å². The molecular formula is C25H43NO2. The van der Waals surface area contributed by atoms with Crippen LogP contribution in [0.5, 0.6) is 0 Å². The van der Waals surface area contributed by atoms with Gasteiger partial charge in [-0.3, -0.25) is 4.79 Å². The molecule has 3 heteroatoms. The minimum Gasteiger partial charge on any atom is -0.378 e. The molecule has 7 atom stereocenters. The molecule has 28 heavy (non-hydrogen) atoms. The minimum atomic E-state index is 0.336. The fourth-order valence-corrected chi connectivity index (χ4v) is 8.09. The molecule has 0 N–H and O–H groups in total. The summed E-state index contributed by atoms with van der Waals surface area (Å²) < 4.78 is 6.52. The van der Waals surface area contributed by atoms with E-state index in [4.69, 9.17) is 4.74 Å². The first kappa shape index (κ1) is 20.7. The molecule has 160 valence electrons. The second-order valence-corrected chi connectivity index (χ2v) is 11.5. The summed E-state index contributed by atoms with van der Waals surface area (Å²) in [6.45, 7) is 10.6. The Morgan fingerprint density at radius 2 is 1.79 bits per heavy atom. The smallest absolute Gasteiger partial charge is 0.222 e. The Labute approximate surface area is 173 Å². The first-order chi connectivity index (χ1) is 13.3. The number of ether oxygens (including phenoxy) is 1. The number of nitrogens with zero attached hydrogens (tertiary/aromatic N) is 1. The maximum absolute atomic E-state index is 12.3. The van der Waals surface area contributed by atoms with Gasteiger partial charge in [0.25, 0.3) is 0 Å². The minimum absolute atomic E-state index is 0.336. The number of amides is 1. The van der Waals surface area contributed by atoms with E-state index in [9.17, 15) is 4.79 Å². The number of fused-ring (bicyclic) bond motifs is 5. The van der Waals surface area contributed by atoms with Gasteiger partial charge >= 0.3 is 0 Å². The average molecular weight is 390 g/mol. The molecule has 3 aliphatic carbocycles. The number of carbonyl (C=O) groups excluding carboxylic acids is 1. The van der Waals surface area contributed by atoms with E-state index < -0.39 is 0 Å². The van der Waals surface area contributed by atoms with Crippen LogP contribution in [0.2, 0.25) is 0 Å². The van der Waals surface area contributed by atoms with Crippen LogP contribution in [0.4, 0.5) is 0 Å². The molecule has 1 heterocycles. The third kappa shape index (κ3) is 3.24. The molecule has 0 radical (unpaired) electrons. The highest BCUT2D eigenvalue weighted by molar-refractivity contribution is 5.77. The molecule has 0 aromatic rings. The molecule has 0 spiro atoms. The van der Waals surface area contributed by atoms with Crippen LogP contribution in [0.25, 0.3) is 0 Å². The zero-order valence-corrected chi connectivity index (χ0v) is 19.0. The molecular weight excluding hydrogens is 346 g/mol. The van der Waals surface area contributed by atoms with E-state index in [1.165, 1.54) is 51.4 Å². The Morgan fingerprint density at radius 3 is 2.54 bits per heavy atom. The van der Waals surface area contributed by atoms with Gasteiger partial charge in [-0.1, -0.05) is 27.7 Å². The Hall–Kier alpha value is -0.570. The van der Waals surface area contributed by atoms with Crippen LogP contribution in [0.15, 0.2) is 0 Å². The van der Waals surface area contributed by atoms with Crippen LogP contribution >= 0.6 is 0 Å². The van der Waals surface area contributed by atoms with Gasteiger partial charge < -0.3 is 9.64 Å². The first-order valence-electron chi connectivity index (χ1n) is 12.1. The van der Waals surface area contributed by atoms with Crippen molar-refractivity contribution in [3.63, 3.8) is 0 Å². The number of rotatable bonds is 5. The van der Waals surface area contributed by atoms with Crippen LogP contribution in [0.3, 0.4) is 0 Å². The van der Waals surface area contributed by atoms with Crippen molar-refractivity contribution in [2.24, 2.45) is 34.5 Å². The van der Waals surface area contributed by atoms with Crippen molar-refractivity contribution in [2.45, 2.75) is 104 Å². The van der Waals surface area contributed by atoms with Crippen LogP contribution in [-0.2, 0) is 9.53 Å². The summed E-state index contributed by atoms with van der Waals surface area (Å²) in [5, 5.41) is 0. The van der Waals surface area contributed by atoms with E-state index in [-0.39, 0.29) is 0 Å². The summed E-state index contributed by atoms with van der Waals surface area (Å²) >= 11 is 0. The van der Waals surface area contributed by atoms with Crippen LogP contribution in [0, 0.1) is 34.5 Å². The van der Waals surface area contributed by atoms with Crippen LogP contribution in [0.1, 0.15) is 91.9 Å². The van der Waals surface area contributed by atoms with Crippen molar-refractivity contribution >= 4 is 5.91 Å². The summed E-state index contributed by atoms with van der Waals surface area (Å²) in [5.41, 5.74) is 0.724. The predicted molar refractivity (Wildman–Crippen MR) is 114 cm³/mol. The highest BCUT2D eigenvalue weighted by Gasteiger charge is 2.61. The Bertz CT molecular complexity index is 589. The summed E-state index contributed by atoms with van der Waals surface area (Å²) in [5.74, 6) is 3.65. The molecule has 4 fully saturated rings. The number of piperidine rings is 1. The Balaban J connectivity index is 1.45. The third-order valence-corrected chi connectivity index (χ3v) is 9.72. The van der Waals surface area contributed by atoms with E-state index in [2.05, 4.69) is 39.6 Å². The van der Waals surface area contributed by atoms with Gasteiger partial charge in [-0.25, -0.2) is 0 Å². The Morgan fingerprint density at radius 1 is 1.04 bits per heavy atom. The van der Waals surface area contributed by atoms with Gasteiger partial charge in [0.15, 0.2) is 0 Å². The number of hydrogen-bond acceptors (Lipinski definition) is 2. The molecule has 3 nitrogen and oxygen atoms in total. The van der Waals surface area contributed by atoms with Gasteiger partial charge in [-0.05, 0) is 92.3 Å². The van der Waals surface area contributed by atoms with Gasteiger partial charge in [-0.2, -0.15) is 0 Å². The molecule has 0 aromatic heterocycles. The highest BCUT2D eigenvalue weighted by atomic mass is 16.5. The second kappa shape index (κ2) is 7.60. The van der Waals surface area contributed by atoms with Gasteiger partial charge in [-0.15, -0.1) is 0 Å². The van der Waals surface area contributed by atoms with E-state index in [1.54, 1.807) is 0 Å². The molecule has 0 aromatic carbocycles. The second-order valence-electron chi connectivity index (χ2n) is 11.5.